The molecule has 15 heavy (non-hydrogen) atoms. The summed E-state index contributed by atoms with van der Waals surface area (Å²) in [5.41, 5.74) is 6.44. The highest BCUT2D eigenvalue weighted by molar-refractivity contribution is 5.33. The summed E-state index contributed by atoms with van der Waals surface area (Å²) >= 11 is 0. The molecule has 0 radical (unpaired) electrons. The first-order valence-corrected chi connectivity index (χ1v) is 4.62. The highest BCUT2D eigenvalue weighted by Gasteiger charge is 2.00. The monoisotopic (exact) mass is 201 g/mol. The number of rotatable bonds is 2. The van der Waals surface area contributed by atoms with Gasteiger partial charge in [-0.25, -0.2) is 0 Å². The van der Waals surface area contributed by atoms with Gasteiger partial charge in [-0.1, -0.05) is 6.07 Å². The van der Waals surface area contributed by atoms with Crippen molar-refractivity contribution in [1.82, 2.24) is 9.55 Å². The van der Waals surface area contributed by atoms with Gasteiger partial charge >= 0.3 is 0 Å². The largest absolute Gasteiger partial charge is 0.394 e. The van der Waals surface area contributed by atoms with E-state index in [0.29, 0.717) is 6.54 Å². The van der Waals surface area contributed by atoms with Crippen molar-refractivity contribution in [2.75, 3.05) is 5.73 Å². The molecule has 0 aliphatic heterocycles. The number of aromatic nitrogens is 2. The van der Waals surface area contributed by atoms with Gasteiger partial charge in [0.05, 0.1) is 17.9 Å². The maximum atomic E-state index is 11.6. The standard InChI is InChI=1S/C11H11N3O/c12-10-5-3-7-14(11(10)15)8-9-4-1-2-6-13-9/h1-7H,8,12H2. The zero-order valence-corrected chi connectivity index (χ0v) is 8.13. The Morgan fingerprint density at radius 2 is 2.13 bits per heavy atom. The van der Waals surface area contributed by atoms with Gasteiger partial charge in [0.15, 0.2) is 0 Å². The van der Waals surface area contributed by atoms with Crippen molar-refractivity contribution in [3.05, 3.63) is 58.8 Å². The lowest BCUT2D eigenvalue weighted by atomic mass is 10.3. The second-order valence-corrected chi connectivity index (χ2v) is 3.22. The average molecular weight is 201 g/mol. The third-order valence-electron chi connectivity index (χ3n) is 2.11. The minimum atomic E-state index is -0.178. The summed E-state index contributed by atoms with van der Waals surface area (Å²) in [4.78, 5) is 15.7. The highest BCUT2D eigenvalue weighted by atomic mass is 16.1. The van der Waals surface area contributed by atoms with E-state index in [1.165, 1.54) is 4.57 Å². The summed E-state index contributed by atoms with van der Waals surface area (Å²) < 4.78 is 1.54. The fraction of sp³-hybridized carbons (Fsp3) is 0.0909. The molecule has 4 heteroatoms. The molecule has 0 atom stereocenters. The Morgan fingerprint density at radius 3 is 2.87 bits per heavy atom. The van der Waals surface area contributed by atoms with Gasteiger partial charge in [0.1, 0.15) is 0 Å². The molecule has 2 aromatic rings. The minimum Gasteiger partial charge on any atom is -0.394 e. The minimum absolute atomic E-state index is 0.178. The maximum absolute atomic E-state index is 11.6. The lowest BCUT2D eigenvalue weighted by Gasteiger charge is -2.04. The second-order valence-electron chi connectivity index (χ2n) is 3.22. The predicted molar refractivity (Wildman–Crippen MR) is 58.5 cm³/mol. The van der Waals surface area contributed by atoms with Gasteiger partial charge in [-0.3, -0.25) is 9.78 Å². The number of hydrogen-bond acceptors (Lipinski definition) is 3. The van der Waals surface area contributed by atoms with E-state index >= 15 is 0 Å². The first-order valence-electron chi connectivity index (χ1n) is 4.62. The Balaban J connectivity index is 2.33. The van der Waals surface area contributed by atoms with Crippen LogP contribution in [-0.2, 0) is 6.54 Å². The first-order chi connectivity index (χ1) is 7.27. The van der Waals surface area contributed by atoms with Crippen LogP contribution >= 0.6 is 0 Å². The Bertz CT molecular complexity index is 505. The van der Waals surface area contributed by atoms with Gasteiger partial charge in [0.25, 0.3) is 5.56 Å². The Hall–Kier alpha value is -2.10. The van der Waals surface area contributed by atoms with Gasteiger partial charge in [-0.15, -0.1) is 0 Å². The lowest BCUT2D eigenvalue weighted by molar-refractivity contribution is 0.742. The van der Waals surface area contributed by atoms with E-state index in [1.807, 2.05) is 18.2 Å². The van der Waals surface area contributed by atoms with Gasteiger partial charge in [-0.05, 0) is 24.3 Å². The van der Waals surface area contributed by atoms with E-state index in [9.17, 15) is 4.79 Å². The predicted octanol–water partition coefficient (Wildman–Crippen LogP) is 0.874. The van der Waals surface area contributed by atoms with Crippen LogP contribution in [0, 0.1) is 0 Å². The SMILES string of the molecule is Nc1cccn(Cc2ccccn2)c1=O. The lowest BCUT2D eigenvalue weighted by Crippen LogP contribution is -2.22. The molecule has 2 heterocycles. The van der Waals surface area contributed by atoms with E-state index in [0.717, 1.165) is 5.69 Å². The summed E-state index contributed by atoms with van der Waals surface area (Å²) in [6, 6.07) is 8.94. The van der Waals surface area contributed by atoms with E-state index in [-0.39, 0.29) is 11.2 Å². The molecule has 0 aliphatic carbocycles. The van der Waals surface area contributed by atoms with Crippen molar-refractivity contribution >= 4 is 5.69 Å². The van der Waals surface area contributed by atoms with Crippen LogP contribution in [0.1, 0.15) is 5.69 Å². The molecule has 0 amide bonds. The van der Waals surface area contributed by atoms with Crippen LogP contribution in [0.2, 0.25) is 0 Å². The van der Waals surface area contributed by atoms with Crippen LogP contribution in [0.15, 0.2) is 47.5 Å². The molecule has 0 saturated heterocycles. The molecule has 0 unspecified atom stereocenters. The van der Waals surface area contributed by atoms with Crippen LogP contribution in [-0.4, -0.2) is 9.55 Å². The molecule has 0 aromatic carbocycles. The Kier molecular flexibility index (Phi) is 2.49. The number of nitrogens with two attached hydrogens (primary N) is 1. The molecule has 4 nitrogen and oxygen atoms in total. The van der Waals surface area contributed by atoms with Gasteiger partial charge in [0.2, 0.25) is 0 Å². The van der Waals surface area contributed by atoms with E-state index < -0.39 is 0 Å². The molecule has 0 bridgehead atoms. The van der Waals surface area contributed by atoms with Crippen LogP contribution in [0.5, 0.6) is 0 Å². The van der Waals surface area contributed by atoms with Crippen molar-refractivity contribution in [2.24, 2.45) is 0 Å². The molecule has 0 fully saturated rings. The van der Waals surface area contributed by atoms with Gasteiger partial charge in [-0.2, -0.15) is 0 Å². The molecule has 0 spiro atoms. The maximum Gasteiger partial charge on any atom is 0.274 e. The molecule has 76 valence electrons. The van der Waals surface area contributed by atoms with E-state index in [4.69, 9.17) is 5.73 Å². The first kappa shape index (κ1) is 9.45. The molecule has 2 aromatic heterocycles. The number of nitrogen functional groups attached to an aromatic ring is 1. The summed E-state index contributed by atoms with van der Waals surface area (Å²) in [6.45, 7) is 0.449. The van der Waals surface area contributed by atoms with Crippen molar-refractivity contribution < 1.29 is 0 Å². The molecule has 0 saturated carbocycles. The smallest absolute Gasteiger partial charge is 0.274 e. The van der Waals surface area contributed by atoms with Gasteiger partial charge < -0.3 is 10.3 Å². The van der Waals surface area contributed by atoms with E-state index in [1.54, 1.807) is 24.5 Å². The fourth-order valence-corrected chi connectivity index (χ4v) is 1.35. The number of hydrogen-bond donors (Lipinski definition) is 1. The van der Waals surface area contributed by atoms with Crippen molar-refractivity contribution in [2.45, 2.75) is 6.54 Å². The topological polar surface area (TPSA) is 60.9 Å². The number of nitrogens with zero attached hydrogens (tertiary/aromatic N) is 2. The molecular weight excluding hydrogens is 190 g/mol. The van der Waals surface area contributed by atoms with Gasteiger partial charge in [0, 0.05) is 12.4 Å². The highest BCUT2D eigenvalue weighted by Crippen LogP contribution is 1.98. The Labute approximate surface area is 87.0 Å². The van der Waals surface area contributed by atoms with Crippen LogP contribution in [0.25, 0.3) is 0 Å². The van der Waals surface area contributed by atoms with Crippen LogP contribution < -0.4 is 11.3 Å². The summed E-state index contributed by atoms with van der Waals surface area (Å²) in [5, 5.41) is 0. The average Bonchev–Trinajstić information content (AvgIpc) is 2.26. The Morgan fingerprint density at radius 1 is 1.27 bits per heavy atom. The summed E-state index contributed by atoms with van der Waals surface area (Å²) in [6.07, 6.45) is 3.40. The third-order valence-corrected chi connectivity index (χ3v) is 2.11. The van der Waals surface area contributed by atoms with Crippen molar-refractivity contribution in [1.29, 1.82) is 0 Å². The summed E-state index contributed by atoms with van der Waals surface area (Å²) in [5.74, 6) is 0. The molecule has 2 rings (SSSR count). The second kappa shape index (κ2) is 3.96. The molecule has 0 aliphatic rings. The molecular formula is C11H11N3O. The van der Waals surface area contributed by atoms with Crippen molar-refractivity contribution in [3.63, 3.8) is 0 Å². The number of anilines is 1. The number of pyridine rings is 2. The van der Waals surface area contributed by atoms with Crippen LogP contribution in [0.4, 0.5) is 5.69 Å². The zero-order valence-electron chi connectivity index (χ0n) is 8.13. The normalized spacial score (nSPS) is 10.1. The fourth-order valence-electron chi connectivity index (χ4n) is 1.35. The third kappa shape index (κ3) is 2.04. The van der Waals surface area contributed by atoms with Crippen molar-refractivity contribution in [3.8, 4) is 0 Å². The van der Waals surface area contributed by atoms with E-state index in [2.05, 4.69) is 4.98 Å². The summed E-state index contributed by atoms with van der Waals surface area (Å²) in [7, 11) is 0. The molecule has 2 N–H and O–H groups in total. The quantitative estimate of drug-likeness (QED) is 0.784. The zero-order chi connectivity index (χ0) is 10.7. The van der Waals surface area contributed by atoms with Crippen LogP contribution in [0.3, 0.4) is 0 Å².